The molecule has 0 fully saturated rings. The van der Waals surface area contributed by atoms with Gasteiger partial charge in [0.15, 0.2) is 0 Å². The third kappa shape index (κ3) is 2.95. The van der Waals surface area contributed by atoms with Gasteiger partial charge in [-0.05, 0) is 31.5 Å². The molecule has 1 unspecified atom stereocenters. The SMILES string of the molecule is CN/C=C(/c1c(C)c2ccc(F)cc2oc1=O)N(C)C(C)Cl. The fraction of sp³-hybridized carbons (Fsp3) is 0.312. The van der Waals surface area contributed by atoms with E-state index >= 15 is 0 Å². The van der Waals surface area contributed by atoms with Crippen molar-refractivity contribution in [2.45, 2.75) is 19.3 Å². The molecule has 2 rings (SSSR count). The van der Waals surface area contributed by atoms with E-state index in [1.54, 1.807) is 38.2 Å². The zero-order valence-electron chi connectivity index (χ0n) is 12.9. The van der Waals surface area contributed by atoms with Gasteiger partial charge in [-0.25, -0.2) is 9.18 Å². The third-order valence-electron chi connectivity index (χ3n) is 3.58. The highest BCUT2D eigenvalue weighted by atomic mass is 35.5. The molecule has 1 aromatic heterocycles. The number of rotatable bonds is 4. The van der Waals surface area contributed by atoms with Gasteiger partial charge >= 0.3 is 5.63 Å². The highest BCUT2D eigenvalue weighted by molar-refractivity contribution is 6.20. The lowest BCUT2D eigenvalue weighted by molar-refractivity contribution is 0.459. The van der Waals surface area contributed by atoms with Crippen LogP contribution in [0.15, 0.2) is 33.6 Å². The van der Waals surface area contributed by atoms with Gasteiger partial charge in [0.2, 0.25) is 0 Å². The van der Waals surface area contributed by atoms with Crippen LogP contribution in [0.4, 0.5) is 4.39 Å². The summed E-state index contributed by atoms with van der Waals surface area (Å²) in [6, 6.07) is 4.16. The number of alkyl halides is 1. The fourth-order valence-corrected chi connectivity index (χ4v) is 2.41. The lowest BCUT2D eigenvalue weighted by Crippen LogP contribution is -2.27. The van der Waals surface area contributed by atoms with Crippen molar-refractivity contribution in [1.82, 2.24) is 10.2 Å². The van der Waals surface area contributed by atoms with Crippen molar-refractivity contribution in [3.63, 3.8) is 0 Å². The van der Waals surface area contributed by atoms with Gasteiger partial charge in [0, 0.05) is 31.7 Å². The number of nitrogens with zero attached hydrogens (tertiary/aromatic N) is 1. The van der Waals surface area contributed by atoms with Crippen LogP contribution < -0.4 is 10.9 Å². The van der Waals surface area contributed by atoms with Gasteiger partial charge < -0.3 is 14.6 Å². The Bertz CT molecular complexity index is 784. The molecule has 4 nitrogen and oxygen atoms in total. The Morgan fingerprint density at radius 3 is 2.77 bits per heavy atom. The summed E-state index contributed by atoms with van der Waals surface area (Å²) in [4.78, 5) is 14.1. The zero-order chi connectivity index (χ0) is 16.4. The highest BCUT2D eigenvalue weighted by Crippen LogP contribution is 2.27. The first-order valence-electron chi connectivity index (χ1n) is 6.84. The van der Waals surface area contributed by atoms with Crippen LogP contribution in [0.25, 0.3) is 16.7 Å². The number of halogens is 2. The van der Waals surface area contributed by atoms with Crippen LogP contribution in [0.2, 0.25) is 0 Å². The molecule has 0 saturated heterocycles. The van der Waals surface area contributed by atoms with E-state index in [2.05, 4.69) is 5.32 Å². The van der Waals surface area contributed by atoms with Crippen LogP contribution in [-0.4, -0.2) is 24.5 Å². The molecule has 0 radical (unpaired) electrons. The Kier molecular flexibility index (Phi) is 4.76. The first-order chi connectivity index (χ1) is 10.4. The van der Waals surface area contributed by atoms with Gasteiger partial charge in [-0.3, -0.25) is 0 Å². The quantitative estimate of drug-likeness (QED) is 0.532. The summed E-state index contributed by atoms with van der Waals surface area (Å²) in [6.07, 6.45) is 1.69. The summed E-state index contributed by atoms with van der Waals surface area (Å²) in [5.41, 5.74) is 1.13. The van der Waals surface area contributed by atoms with Gasteiger partial charge in [-0.2, -0.15) is 0 Å². The number of benzene rings is 1. The molecule has 0 bridgehead atoms. The predicted octanol–water partition coefficient (Wildman–Crippen LogP) is 3.27. The van der Waals surface area contributed by atoms with E-state index in [-0.39, 0.29) is 11.1 Å². The van der Waals surface area contributed by atoms with Crippen molar-refractivity contribution < 1.29 is 8.81 Å². The van der Waals surface area contributed by atoms with Crippen molar-refractivity contribution >= 4 is 28.3 Å². The van der Waals surface area contributed by atoms with Crippen molar-refractivity contribution in [3.8, 4) is 0 Å². The van der Waals surface area contributed by atoms with Crippen molar-refractivity contribution in [2.75, 3.05) is 14.1 Å². The lowest BCUT2D eigenvalue weighted by Gasteiger charge is -2.25. The maximum Gasteiger partial charge on any atom is 0.346 e. The van der Waals surface area contributed by atoms with Crippen LogP contribution >= 0.6 is 11.6 Å². The molecule has 0 amide bonds. The second-order valence-corrected chi connectivity index (χ2v) is 5.66. The second-order valence-electron chi connectivity index (χ2n) is 5.03. The number of hydrogen-bond donors (Lipinski definition) is 1. The lowest BCUT2D eigenvalue weighted by atomic mass is 10.0. The molecule has 6 heteroatoms. The Labute approximate surface area is 133 Å². The van der Waals surface area contributed by atoms with Crippen molar-refractivity contribution in [1.29, 1.82) is 0 Å². The molecule has 118 valence electrons. The predicted molar refractivity (Wildman–Crippen MR) is 87.3 cm³/mol. The summed E-state index contributed by atoms with van der Waals surface area (Å²) in [5, 5.41) is 3.60. The molecule has 1 atom stereocenters. The molecule has 0 aliphatic carbocycles. The smallest absolute Gasteiger partial charge is 0.346 e. The average Bonchev–Trinajstić information content (AvgIpc) is 2.44. The zero-order valence-corrected chi connectivity index (χ0v) is 13.7. The van der Waals surface area contributed by atoms with Gasteiger partial charge in [0.25, 0.3) is 0 Å². The largest absolute Gasteiger partial charge is 0.422 e. The van der Waals surface area contributed by atoms with Crippen LogP contribution in [0.1, 0.15) is 18.1 Å². The van der Waals surface area contributed by atoms with E-state index in [4.69, 9.17) is 16.0 Å². The first-order valence-corrected chi connectivity index (χ1v) is 7.28. The summed E-state index contributed by atoms with van der Waals surface area (Å²) < 4.78 is 18.6. The molecule has 0 aliphatic rings. The van der Waals surface area contributed by atoms with E-state index in [0.717, 1.165) is 5.56 Å². The first kappa shape index (κ1) is 16.4. The van der Waals surface area contributed by atoms with Gasteiger partial charge in [0.05, 0.1) is 11.3 Å². The van der Waals surface area contributed by atoms with Crippen molar-refractivity contribution in [2.24, 2.45) is 0 Å². The van der Waals surface area contributed by atoms with E-state index in [1.807, 2.05) is 6.92 Å². The number of nitrogens with one attached hydrogen (secondary N) is 1. The fourth-order valence-electron chi connectivity index (χ4n) is 2.30. The van der Waals surface area contributed by atoms with E-state index in [1.165, 1.54) is 12.1 Å². The van der Waals surface area contributed by atoms with E-state index in [9.17, 15) is 9.18 Å². The van der Waals surface area contributed by atoms with E-state index < -0.39 is 11.4 Å². The topological polar surface area (TPSA) is 45.5 Å². The van der Waals surface area contributed by atoms with Crippen LogP contribution in [0.3, 0.4) is 0 Å². The minimum Gasteiger partial charge on any atom is -0.422 e. The molecular weight excluding hydrogens is 307 g/mol. The van der Waals surface area contributed by atoms with Gasteiger partial charge in [-0.15, -0.1) is 0 Å². The molecular formula is C16H18ClFN2O2. The monoisotopic (exact) mass is 324 g/mol. The minimum atomic E-state index is -0.527. The summed E-state index contributed by atoms with van der Waals surface area (Å²) in [5.74, 6) is -0.444. The highest BCUT2D eigenvalue weighted by Gasteiger charge is 2.20. The Balaban J connectivity index is 2.76. The van der Waals surface area contributed by atoms with Gasteiger partial charge in [0.1, 0.15) is 16.9 Å². The molecule has 1 N–H and O–H groups in total. The molecule has 1 aromatic carbocycles. The van der Waals surface area contributed by atoms with Gasteiger partial charge in [-0.1, -0.05) is 11.6 Å². The third-order valence-corrected chi connectivity index (χ3v) is 3.87. The Morgan fingerprint density at radius 1 is 1.50 bits per heavy atom. The average molecular weight is 325 g/mol. The summed E-state index contributed by atoms with van der Waals surface area (Å²) >= 11 is 6.13. The number of aryl methyl sites for hydroxylation is 1. The van der Waals surface area contributed by atoms with Crippen LogP contribution in [0, 0.1) is 12.7 Å². The molecule has 0 spiro atoms. The molecule has 0 aliphatic heterocycles. The minimum absolute atomic E-state index is 0.233. The second kappa shape index (κ2) is 6.40. The Morgan fingerprint density at radius 2 is 2.18 bits per heavy atom. The normalized spacial score (nSPS) is 13.3. The molecule has 2 aromatic rings. The maximum absolute atomic E-state index is 13.3. The van der Waals surface area contributed by atoms with Crippen LogP contribution in [-0.2, 0) is 0 Å². The molecule has 0 saturated carbocycles. The molecule has 22 heavy (non-hydrogen) atoms. The summed E-state index contributed by atoms with van der Waals surface area (Å²) in [6.45, 7) is 3.61. The Hall–Kier alpha value is -2.01. The van der Waals surface area contributed by atoms with E-state index in [0.29, 0.717) is 16.6 Å². The summed E-state index contributed by atoms with van der Waals surface area (Å²) in [7, 11) is 3.52. The molecule has 1 heterocycles. The number of hydrogen-bond acceptors (Lipinski definition) is 4. The maximum atomic E-state index is 13.3. The van der Waals surface area contributed by atoms with Crippen LogP contribution in [0.5, 0.6) is 0 Å². The standard InChI is InChI=1S/C16H18ClFN2O2/c1-9-12-6-5-11(18)7-14(12)22-16(21)15(9)13(8-19-3)20(4)10(2)17/h5-8,10,19H,1-4H3/b13-8-. The number of fused-ring (bicyclic) bond motifs is 1. The van der Waals surface area contributed by atoms with Crippen molar-refractivity contribution in [3.05, 3.63) is 51.8 Å².